The molecule has 0 saturated carbocycles. The maximum Gasteiger partial charge on any atom is 0.152 e. The summed E-state index contributed by atoms with van der Waals surface area (Å²) in [4.78, 5) is 0. The first-order chi connectivity index (χ1) is 11.3. The van der Waals surface area contributed by atoms with Crippen molar-refractivity contribution in [2.75, 3.05) is 5.75 Å². The van der Waals surface area contributed by atoms with Crippen LogP contribution in [0.15, 0.2) is 0 Å². The van der Waals surface area contributed by atoms with E-state index in [0.717, 1.165) is 12.8 Å². The van der Waals surface area contributed by atoms with Gasteiger partial charge in [-0.15, -0.1) is 0 Å². The van der Waals surface area contributed by atoms with Crippen molar-refractivity contribution in [1.29, 1.82) is 0 Å². The average Bonchev–Trinajstić information content (AvgIpc) is 2.53. The molecule has 0 aromatic rings. The first-order valence-electron chi connectivity index (χ1n) is 10.3. The van der Waals surface area contributed by atoms with Crippen LogP contribution < -0.4 is 0 Å². The standard InChI is InChI=1S/C20H42O2S/c1-2-3-4-5-6-7-8-9-10-11-12-13-14-15-16-17-18-19-20-23(21)22/h2-20H2,1H3,(H,21,22). The molecule has 0 aliphatic rings. The van der Waals surface area contributed by atoms with E-state index in [9.17, 15) is 4.21 Å². The van der Waals surface area contributed by atoms with Crippen LogP contribution in [0.1, 0.15) is 122 Å². The maximum absolute atomic E-state index is 10.5. The zero-order valence-electron chi connectivity index (χ0n) is 15.7. The maximum atomic E-state index is 10.5. The van der Waals surface area contributed by atoms with Crippen LogP contribution in [-0.2, 0) is 11.1 Å². The second-order valence-electron chi connectivity index (χ2n) is 7.04. The Kier molecular flexibility index (Phi) is 20.3. The fraction of sp³-hybridized carbons (Fsp3) is 1.00. The third kappa shape index (κ3) is 22.1. The van der Waals surface area contributed by atoms with E-state index in [-0.39, 0.29) is 0 Å². The zero-order chi connectivity index (χ0) is 17.0. The van der Waals surface area contributed by atoms with Crippen molar-refractivity contribution in [2.45, 2.75) is 122 Å². The number of rotatable bonds is 19. The molecular weight excluding hydrogens is 304 g/mol. The molecule has 2 nitrogen and oxygen atoms in total. The van der Waals surface area contributed by atoms with Crippen molar-refractivity contribution in [3.05, 3.63) is 0 Å². The molecule has 0 aromatic heterocycles. The second kappa shape index (κ2) is 20.2. The van der Waals surface area contributed by atoms with Crippen molar-refractivity contribution in [3.63, 3.8) is 0 Å². The van der Waals surface area contributed by atoms with Gasteiger partial charge in [0.15, 0.2) is 11.1 Å². The zero-order valence-corrected chi connectivity index (χ0v) is 16.5. The van der Waals surface area contributed by atoms with Gasteiger partial charge >= 0.3 is 0 Å². The molecule has 0 spiro atoms. The lowest BCUT2D eigenvalue weighted by Crippen LogP contribution is -1.94. The summed E-state index contributed by atoms with van der Waals surface area (Å²) in [5.41, 5.74) is 0. The van der Waals surface area contributed by atoms with Gasteiger partial charge in [0.2, 0.25) is 0 Å². The Morgan fingerprint density at radius 1 is 0.522 bits per heavy atom. The Bertz CT molecular complexity index is 244. The molecule has 0 aliphatic heterocycles. The molecule has 1 atom stereocenters. The fourth-order valence-electron chi connectivity index (χ4n) is 3.13. The minimum Gasteiger partial charge on any atom is -0.306 e. The largest absolute Gasteiger partial charge is 0.306 e. The summed E-state index contributed by atoms with van der Waals surface area (Å²) < 4.78 is 19.1. The Hall–Kier alpha value is 0.110. The van der Waals surface area contributed by atoms with Gasteiger partial charge in [-0.2, -0.15) is 0 Å². The van der Waals surface area contributed by atoms with E-state index in [1.165, 1.54) is 103 Å². The molecule has 0 fully saturated rings. The van der Waals surface area contributed by atoms with E-state index in [4.69, 9.17) is 4.55 Å². The van der Waals surface area contributed by atoms with Gasteiger partial charge in [-0.3, -0.25) is 0 Å². The molecule has 1 unspecified atom stereocenters. The smallest absolute Gasteiger partial charge is 0.152 e. The van der Waals surface area contributed by atoms with E-state index in [1.807, 2.05) is 0 Å². The lowest BCUT2D eigenvalue weighted by atomic mass is 10.0. The Morgan fingerprint density at radius 3 is 1.04 bits per heavy atom. The van der Waals surface area contributed by atoms with E-state index in [2.05, 4.69) is 6.92 Å². The molecule has 0 rings (SSSR count). The van der Waals surface area contributed by atoms with Crippen molar-refractivity contribution < 1.29 is 8.76 Å². The Balaban J connectivity index is 2.96. The monoisotopic (exact) mass is 346 g/mol. The van der Waals surface area contributed by atoms with Gasteiger partial charge in [-0.1, -0.05) is 116 Å². The minimum absolute atomic E-state index is 0.457. The molecule has 0 bridgehead atoms. The summed E-state index contributed by atoms with van der Waals surface area (Å²) in [6, 6.07) is 0. The summed E-state index contributed by atoms with van der Waals surface area (Å²) in [5.74, 6) is 0.457. The van der Waals surface area contributed by atoms with E-state index >= 15 is 0 Å². The molecule has 0 aromatic carbocycles. The molecule has 23 heavy (non-hydrogen) atoms. The molecular formula is C20H42O2S. The van der Waals surface area contributed by atoms with Gasteiger partial charge in [-0.25, -0.2) is 4.21 Å². The van der Waals surface area contributed by atoms with E-state index in [1.54, 1.807) is 0 Å². The molecule has 1 N–H and O–H groups in total. The van der Waals surface area contributed by atoms with Gasteiger partial charge in [0.05, 0.1) is 0 Å². The molecule has 0 amide bonds. The average molecular weight is 347 g/mol. The highest BCUT2D eigenvalue weighted by Gasteiger charge is 1.96. The fourth-order valence-corrected chi connectivity index (χ4v) is 3.58. The van der Waals surface area contributed by atoms with Crippen LogP contribution in [0.3, 0.4) is 0 Å². The lowest BCUT2D eigenvalue weighted by Gasteiger charge is -2.03. The summed E-state index contributed by atoms with van der Waals surface area (Å²) in [5, 5.41) is 0. The van der Waals surface area contributed by atoms with Gasteiger partial charge in [0, 0.05) is 5.75 Å². The number of hydrogen-bond donors (Lipinski definition) is 1. The van der Waals surface area contributed by atoms with E-state index < -0.39 is 11.1 Å². The number of unbranched alkanes of at least 4 members (excludes halogenated alkanes) is 17. The van der Waals surface area contributed by atoms with Crippen LogP contribution >= 0.6 is 0 Å². The van der Waals surface area contributed by atoms with Crippen molar-refractivity contribution in [2.24, 2.45) is 0 Å². The van der Waals surface area contributed by atoms with Crippen LogP contribution in [0.5, 0.6) is 0 Å². The van der Waals surface area contributed by atoms with Crippen LogP contribution in [0.4, 0.5) is 0 Å². The van der Waals surface area contributed by atoms with Crippen molar-refractivity contribution in [3.8, 4) is 0 Å². The van der Waals surface area contributed by atoms with Gasteiger partial charge < -0.3 is 4.55 Å². The molecule has 0 aliphatic carbocycles. The summed E-state index contributed by atoms with van der Waals surface area (Å²) in [7, 11) is 0. The highest BCUT2D eigenvalue weighted by molar-refractivity contribution is 7.79. The SMILES string of the molecule is CCCCCCCCCCCCCCCCCCCCS(=O)O. The molecule has 0 saturated heterocycles. The topological polar surface area (TPSA) is 37.3 Å². The Labute approximate surface area is 148 Å². The molecule has 0 radical (unpaired) electrons. The molecule has 0 heterocycles. The van der Waals surface area contributed by atoms with Crippen LogP contribution in [-0.4, -0.2) is 14.5 Å². The third-order valence-corrected chi connectivity index (χ3v) is 5.31. The minimum atomic E-state index is -1.58. The van der Waals surface area contributed by atoms with Gasteiger partial charge in [0.1, 0.15) is 0 Å². The summed E-state index contributed by atoms with van der Waals surface area (Å²) in [6.07, 6.45) is 24.4. The third-order valence-electron chi connectivity index (χ3n) is 4.67. The van der Waals surface area contributed by atoms with Crippen molar-refractivity contribution >= 4 is 11.1 Å². The van der Waals surface area contributed by atoms with Gasteiger partial charge in [0.25, 0.3) is 0 Å². The number of hydrogen-bond acceptors (Lipinski definition) is 1. The van der Waals surface area contributed by atoms with Crippen LogP contribution in [0.2, 0.25) is 0 Å². The highest BCUT2D eigenvalue weighted by Crippen LogP contribution is 2.14. The van der Waals surface area contributed by atoms with Crippen LogP contribution in [0, 0.1) is 0 Å². The summed E-state index contributed by atoms with van der Waals surface area (Å²) in [6.45, 7) is 2.28. The van der Waals surface area contributed by atoms with Crippen LogP contribution in [0.25, 0.3) is 0 Å². The Morgan fingerprint density at radius 2 is 0.783 bits per heavy atom. The molecule has 140 valence electrons. The van der Waals surface area contributed by atoms with Gasteiger partial charge in [-0.05, 0) is 6.42 Å². The second-order valence-corrected chi connectivity index (χ2v) is 8.09. The van der Waals surface area contributed by atoms with E-state index in [0.29, 0.717) is 5.75 Å². The molecule has 3 heteroatoms. The van der Waals surface area contributed by atoms with Crippen molar-refractivity contribution in [1.82, 2.24) is 0 Å². The normalized spacial score (nSPS) is 12.6. The summed E-state index contributed by atoms with van der Waals surface area (Å²) >= 11 is -1.58. The lowest BCUT2D eigenvalue weighted by molar-refractivity contribution is 0.525. The predicted octanol–water partition coefficient (Wildman–Crippen LogP) is 7.25. The highest BCUT2D eigenvalue weighted by atomic mass is 32.2. The first-order valence-corrected chi connectivity index (χ1v) is 11.6. The predicted molar refractivity (Wildman–Crippen MR) is 104 cm³/mol. The first kappa shape index (κ1) is 23.1. The quantitative estimate of drug-likeness (QED) is 0.197.